The van der Waals surface area contributed by atoms with Crippen molar-refractivity contribution in [1.29, 1.82) is 0 Å². The van der Waals surface area contributed by atoms with E-state index in [1.807, 2.05) is 0 Å². The van der Waals surface area contributed by atoms with Crippen molar-refractivity contribution in [2.45, 2.75) is 31.3 Å². The van der Waals surface area contributed by atoms with Gasteiger partial charge in [-0.2, -0.15) is 26.3 Å². The number of carbonyl (C=O) groups is 1. The van der Waals surface area contributed by atoms with Crippen molar-refractivity contribution in [3.05, 3.63) is 16.3 Å². The van der Waals surface area contributed by atoms with E-state index < -0.39 is 31.1 Å². The van der Waals surface area contributed by atoms with Gasteiger partial charge in [-0.25, -0.2) is 21.6 Å². The van der Waals surface area contributed by atoms with Crippen LogP contribution in [0.4, 0.5) is 26.3 Å². The normalized spacial score (nSPS) is 13.3. The Labute approximate surface area is 165 Å². The number of esters is 1. The number of hydrogen-bond donors (Lipinski definition) is 0. The van der Waals surface area contributed by atoms with E-state index in [0.717, 1.165) is 28.1 Å². The molecule has 0 bridgehead atoms. The highest BCUT2D eigenvalue weighted by molar-refractivity contribution is 8.13. The molecular weight excluding hydrogens is 458 g/mol. The highest BCUT2D eigenvalue weighted by Gasteiger charge is 2.46. The molecule has 0 atom stereocenters. The molecule has 0 rings (SSSR count). The van der Waals surface area contributed by atoms with Gasteiger partial charge in [-0.3, -0.25) is 0 Å². The van der Waals surface area contributed by atoms with Crippen LogP contribution in [0.1, 0.15) is 20.3 Å². The number of alkyl halides is 6. The molecule has 174 valence electrons. The number of rotatable bonds is 8. The molecular formula is C13H22F6N2O6S2. The number of halogens is 6. The van der Waals surface area contributed by atoms with Gasteiger partial charge in [0, 0.05) is 12.0 Å². The lowest BCUT2D eigenvalue weighted by molar-refractivity contribution is -0.888. The highest BCUT2D eigenvalue weighted by Crippen LogP contribution is 2.36. The third-order valence-corrected chi connectivity index (χ3v) is 5.87. The van der Waals surface area contributed by atoms with Crippen molar-refractivity contribution in [1.82, 2.24) is 0 Å². The summed E-state index contributed by atoms with van der Waals surface area (Å²) in [4.78, 5) is 11.0. The summed E-state index contributed by atoms with van der Waals surface area (Å²) < 4.78 is 115. The van der Waals surface area contributed by atoms with Crippen LogP contribution in [0.15, 0.2) is 12.2 Å². The SMILES string of the molecule is C=C(C)C(=O)OCCC[N+](C)(C)CC.O=S(=O)([N-]S(=O)(=O)C(F)(F)F)C(F)(F)F. The van der Waals surface area contributed by atoms with Crippen LogP contribution >= 0.6 is 0 Å². The Balaban J connectivity index is 0. The Morgan fingerprint density at radius 2 is 1.38 bits per heavy atom. The first-order chi connectivity index (χ1) is 12.6. The quantitative estimate of drug-likeness (QED) is 0.174. The van der Waals surface area contributed by atoms with Crippen LogP contribution in [0.2, 0.25) is 0 Å². The fraction of sp³-hybridized carbons (Fsp3) is 0.769. The van der Waals surface area contributed by atoms with Gasteiger partial charge >= 0.3 is 17.0 Å². The van der Waals surface area contributed by atoms with Crippen molar-refractivity contribution >= 4 is 26.0 Å². The molecule has 0 amide bonds. The average Bonchev–Trinajstić information content (AvgIpc) is 2.48. The van der Waals surface area contributed by atoms with Crippen LogP contribution in [-0.2, 0) is 29.6 Å². The van der Waals surface area contributed by atoms with E-state index in [9.17, 15) is 48.0 Å². The molecule has 0 saturated heterocycles. The summed E-state index contributed by atoms with van der Waals surface area (Å²) in [6.07, 6.45) is 0.903. The van der Waals surface area contributed by atoms with Crippen LogP contribution in [0.5, 0.6) is 0 Å². The molecule has 0 N–H and O–H groups in total. The molecule has 0 aromatic heterocycles. The molecule has 0 radical (unpaired) electrons. The smallest absolute Gasteiger partial charge is 0.462 e. The molecule has 0 saturated carbocycles. The first-order valence-corrected chi connectivity index (χ1v) is 10.5. The first-order valence-electron chi connectivity index (χ1n) is 7.61. The number of quaternary nitrogens is 1. The number of nitrogens with zero attached hydrogens (tertiary/aromatic N) is 2. The van der Waals surface area contributed by atoms with E-state index in [-0.39, 0.29) is 5.97 Å². The van der Waals surface area contributed by atoms with Gasteiger partial charge in [0.1, 0.15) is 0 Å². The van der Waals surface area contributed by atoms with Crippen molar-refractivity contribution < 1.29 is 57.2 Å². The molecule has 0 fully saturated rings. The summed E-state index contributed by atoms with van der Waals surface area (Å²) in [7, 11) is -9.11. The van der Waals surface area contributed by atoms with Gasteiger partial charge in [-0.05, 0) is 13.8 Å². The second-order valence-corrected chi connectivity index (χ2v) is 9.58. The molecule has 8 nitrogen and oxygen atoms in total. The van der Waals surface area contributed by atoms with Crippen LogP contribution in [0.3, 0.4) is 0 Å². The van der Waals surface area contributed by atoms with Gasteiger partial charge in [0.05, 0.1) is 33.8 Å². The Hall–Kier alpha value is -1.39. The number of sulfonamides is 2. The second kappa shape index (κ2) is 10.6. The summed E-state index contributed by atoms with van der Waals surface area (Å²) in [6.45, 7) is 9.95. The predicted molar refractivity (Wildman–Crippen MR) is 91.2 cm³/mol. The maximum Gasteiger partial charge on any atom is 0.480 e. The molecule has 0 heterocycles. The van der Waals surface area contributed by atoms with Crippen molar-refractivity contribution in [3.63, 3.8) is 0 Å². The Bertz CT molecular complexity index is 731. The summed E-state index contributed by atoms with van der Waals surface area (Å²) in [5.74, 6) is -0.285. The fourth-order valence-corrected chi connectivity index (χ4v) is 2.86. The van der Waals surface area contributed by atoms with E-state index in [2.05, 4.69) is 27.6 Å². The molecule has 0 spiro atoms. The zero-order valence-corrected chi connectivity index (χ0v) is 17.6. The van der Waals surface area contributed by atoms with Gasteiger partial charge in [0.2, 0.25) is 0 Å². The minimum Gasteiger partial charge on any atom is -0.462 e. The van der Waals surface area contributed by atoms with Crippen molar-refractivity contribution in [2.75, 3.05) is 33.8 Å². The average molecular weight is 480 g/mol. The van der Waals surface area contributed by atoms with Crippen molar-refractivity contribution in [2.24, 2.45) is 0 Å². The van der Waals surface area contributed by atoms with Gasteiger partial charge in [-0.1, -0.05) is 6.58 Å². The molecule has 0 aromatic rings. The fourth-order valence-electron chi connectivity index (χ4n) is 1.15. The summed E-state index contributed by atoms with van der Waals surface area (Å²) in [5, 5.41) is 0. The number of ether oxygens (including phenoxy) is 1. The lowest BCUT2D eigenvalue weighted by Crippen LogP contribution is -2.40. The number of carbonyl (C=O) groups excluding carboxylic acids is 1. The summed E-state index contributed by atoms with van der Waals surface area (Å²) >= 11 is 0. The molecule has 0 aliphatic carbocycles. The van der Waals surface area contributed by atoms with Gasteiger partial charge in [-0.15, -0.1) is 0 Å². The predicted octanol–water partition coefficient (Wildman–Crippen LogP) is 2.65. The Morgan fingerprint density at radius 1 is 1.00 bits per heavy atom. The van der Waals surface area contributed by atoms with E-state index in [0.29, 0.717) is 12.2 Å². The van der Waals surface area contributed by atoms with E-state index in [1.165, 1.54) is 0 Å². The van der Waals surface area contributed by atoms with Crippen molar-refractivity contribution in [3.8, 4) is 0 Å². The van der Waals surface area contributed by atoms with Gasteiger partial charge in [0.15, 0.2) is 20.0 Å². The lowest BCUT2D eigenvalue weighted by Gasteiger charge is -2.27. The van der Waals surface area contributed by atoms with Gasteiger partial charge < -0.3 is 13.3 Å². The zero-order chi connectivity index (χ0) is 23.9. The molecule has 0 aromatic carbocycles. The van der Waals surface area contributed by atoms with E-state index in [1.54, 1.807) is 6.92 Å². The zero-order valence-electron chi connectivity index (χ0n) is 16.0. The maximum atomic E-state index is 11.4. The van der Waals surface area contributed by atoms with E-state index >= 15 is 0 Å². The van der Waals surface area contributed by atoms with Crippen LogP contribution in [-0.4, -0.2) is 72.1 Å². The standard InChI is InChI=1S/C11H22NO2.C2F6NO4S2/c1-6-12(4,5)8-7-9-14-11(13)10(2)3;3-1(4,5)14(10,11)9-15(12,13)2(6,7)8/h2,6-9H2,1,3-5H3;/q+1;-1. The highest BCUT2D eigenvalue weighted by atomic mass is 32.3. The number of hydrogen-bond acceptors (Lipinski definition) is 6. The minimum absolute atomic E-state index is 0.285. The maximum absolute atomic E-state index is 11.4. The molecule has 29 heavy (non-hydrogen) atoms. The Morgan fingerprint density at radius 3 is 1.66 bits per heavy atom. The molecule has 0 aliphatic rings. The first kappa shape index (κ1) is 29.8. The van der Waals surface area contributed by atoms with Crippen LogP contribution < -0.4 is 0 Å². The molecule has 0 unspecified atom stereocenters. The molecule has 16 heteroatoms. The third-order valence-electron chi connectivity index (χ3n) is 3.13. The van der Waals surface area contributed by atoms with Crippen LogP contribution in [0, 0.1) is 0 Å². The second-order valence-electron chi connectivity index (χ2n) is 6.16. The van der Waals surface area contributed by atoms with Gasteiger partial charge in [0.25, 0.3) is 0 Å². The van der Waals surface area contributed by atoms with E-state index in [4.69, 9.17) is 4.74 Å². The Kier molecular flexibility index (Phi) is 10.9. The summed E-state index contributed by atoms with van der Waals surface area (Å²) in [5.41, 5.74) is -11.9. The monoisotopic (exact) mass is 480 g/mol. The largest absolute Gasteiger partial charge is 0.480 e. The van der Waals surface area contributed by atoms with Crippen LogP contribution in [0.25, 0.3) is 4.13 Å². The minimum atomic E-state index is -6.72. The summed E-state index contributed by atoms with van der Waals surface area (Å²) in [6, 6.07) is 0. The topological polar surface area (TPSA) is 109 Å². The third kappa shape index (κ3) is 11.4. The lowest BCUT2D eigenvalue weighted by atomic mass is 10.3. The molecule has 0 aliphatic heterocycles.